The van der Waals surface area contributed by atoms with Crippen LogP contribution < -0.4 is 10.6 Å². The number of fused-ring (bicyclic) bond motifs is 3. The summed E-state index contributed by atoms with van der Waals surface area (Å²) in [6.07, 6.45) is 1.02. The number of hydrogen-bond donors (Lipinski definition) is 6. The fourth-order valence-corrected chi connectivity index (χ4v) is 6.86. The molecule has 0 saturated carbocycles. The second-order valence-corrected chi connectivity index (χ2v) is 11.8. The number of carbonyl (C=O) groups is 1. The predicted molar refractivity (Wildman–Crippen MR) is 128 cm³/mol. The highest BCUT2D eigenvalue weighted by molar-refractivity contribution is 7.99. The van der Waals surface area contributed by atoms with Gasteiger partial charge in [-0.1, -0.05) is 26.0 Å². The van der Waals surface area contributed by atoms with Gasteiger partial charge in [0.2, 0.25) is 5.91 Å². The highest BCUT2D eigenvalue weighted by Crippen LogP contribution is 2.35. The normalized spacial score (nSPS) is 46.4. The molecular weight excluding hydrogens is 460 g/mol. The van der Waals surface area contributed by atoms with Gasteiger partial charge >= 0.3 is 0 Å². The van der Waals surface area contributed by atoms with Crippen molar-refractivity contribution in [3.63, 3.8) is 0 Å². The quantitative estimate of drug-likeness (QED) is 0.289. The maximum Gasteiger partial charge on any atom is 0.240 e. The molecule has 11 atom stereocenters. The fraction of sp³-hybridized carbons (Fsp3) is 0.875. The summed E-state index contributed by atoms with van der Waals surface area (Å²) in [5, 5.41) is 47.9. The van der Waals surface area contributed by atoms with Crippen LogP contribution in [0.3, 0.4) is 0 Å². The number of amides is 1. The molecule has 1 amide bonds. The number of nitrogens with one attached hydrogen (secondary N) is 2. The van der Waals surface area contributed by atoms with Crippen LogP contribution in [0.5, 0.6) is 0 Å². The van der Waals surface area contributed by atoms with E-state index in [1.54, 1.807) is 12.2 Å². The van der Waals surface area contributed by atoms with E-state index in [-0.39, 0.29) is 23.7 Å². The van der Waals surface area contributed by atoms with Gasteiger partial charge in [-0.3, -0.25) is 4.79 Å². The van der Waals surface area contributed by atoms with E-state index in [1.165, 1.54) is 11.8 Å². The van der Waals surface area contributed by atoms with Crippen LogP contribution >= 0.6 is 11.8 Å². The molecule has 10 heteroatoms. The third kappa shape index (κ3) is 5.98. The zero-order valence-electron chi connectivity index (χ0n) is 20.0. The van der Waals surface area contributed by atoms with Gasteiger partial charge < -0.3 is 40.5 Å². The Balaban J connectivity index is 1.46. The van der Waals surface area contributed by atoms with Crippen molar-refractivity contribution in [3.05, 3.63) is 12.2 Å². The van der Waals surface area contributed by atoms with E-state index in [0.717, 1.165) is 25.8 Å². The van der Waals surface area contributed by atoms with Gasteiger partial charge in [-0.05, 0) is 43.4 Å². The topological polar surface area (TPSA) is 141 Å². The Morgan fingerprint density at radius 3 is 2.74 bits per heavy atom. The summed E-state index contributed by atoms with van der Waals surface area (Å²) in [4.78, 5) is 13.4. The van der Waals surface area contributed by atoms with Crippen molar-refractivity contribution in [1.29, 1.82) is 0 Å². The third-order valence-electron chi connectivity index (χ3n) is 7.46. The maximum absolute atomic E-state index is 13.4. The number of hydrogen-bond acceptors (Lipinski definition) is 9. The van der Waals surface area contributed by atoms with Crippen molar-refractivity contribution in [2.75, 3.05) is 18.9 Å². The van der Waals surface area contributed by atoms with Crippen molar-refractivity contribution in [1.82, 2.24) is 10.6 Å². The number of thioether (sulfide) groups is 1. The Labute approximate surface area is 205 Å². The van der Waals surface area contributed by atoms with Gasteiger partial charge in [-0.25, -0.2) is 0 Å². The molecule has 4 aliphatic rings. The molecule has 4 aliphatic heterocycles. The largest absolute Gasteiger partial charge is 0.388 e. The van der Waals surface area contributed by atoms with E-state index in [0.29, 0.717) is 24.9 Å². The molecule has 3 saturated heterocycles. The van der Waals surface area contributed by atoms with Crippen molar-refractivity contribution in [2.24, 2.45) is 17.8 Å². The lowest BCUT2D eigenvalue weighted by Gasteiger charge is -2.44. The summed E-state index contributed by atoms with van der Waals surface area (Å²) in [7, 11) is 0. The Hall–Kier alpha value is -0.720. The number of ether oxygens (including phenoxy) is 2. The molecule has 0 radical (unpaired) electrons. The lowest BCUT2D eigenvalue weighted by Crippen LogP contribution is -2.64. The van der Waals surface area contributed by atoms with E-state index in [4.69, 9.17) is 9.47 Å². The summed E-state index contributed by atoms with van der Waals surface area (Å²) in [6.45, 7) is 5.83. The van der Waals surface area contributed by atoms with Crippen LogP contribution in [0.4, 0.5) is 0 Å². The Bertz CT molecular complexity index is 725. The summed E-state index contributed by atoms with van der Waals surface area (Å²) in [6, 6.07) is -1.15. The van der Waals surface area contributed by atoms with Crippen LogP contribution in [0.25, 0.3) is 0 Å². The summed E-state index contributed by atoms with van der Waals surface area (Å²) < 4.78 is 12.1. The van der Waals surface area contributed by atoms with Crippen molar-refractivity contribution >= 4 is 17.7 Å². The smallest absolute Gasteiger partial charge is 0.240 e. The maximum atomic E-state index is 13.4. The van der Waals surface area contributed by atoms with Gasteiger partial charge in [-0.15, -0.1) is 11.8 Å². The molecule has 0 unspecified atom stereocenters. The van der Waals surface area contributed by atoms with Gasteiger partial charge in [0.1, 0.15) is 35.9 Å². The Kier molecular flexibility index (Phi) is 8.95. The van der Waals surface area contributed by atoms with Crippen molar-refractivity contribution in [3.8, 4) is 0 Å². The Morgan fingerprint density at radius 1 is 1.18 bits per heavy atom. The first kappa shape index (κ1) is 26.3. The molecule has 6 N–H and O–H groups in total. The molecule has 0 aromatic rings. The van der Waals surface area contributed by atoms with Crippen LogP contribution in [0.1, 0.15) is 39.5 Å². The second-order valence-electron chi connectivity index (χ2n) is 10.6. The molecule has 4 rings (SSSR count). The average molecular weight is 501 g/mol. The lowest BCUT2D eigenvalue weighted by molar-refractivity contribution is -0.205. The van der Waals surface area contributed by atoms with Crippen LogP contribution in [0, 0.1) is 17.8 Å². The summed E-state index contributed by atoms with van der Waals surface area (Å²) in [5.74, 6) is 1.56. The number of aliphatic hydroxyl groups is 4. The van der Waals surface area contributed by atoms with E-state index in [1.807, 2.05) is 0 Å². The highest BCUT2D eigenvalue weighted by Gasteiger charge is 2.49. The molecule has 0 aromatic carbocycles. The van der Waals surface area contributed by atoms with Crippen molar-refractivity contribution in [2.45, 2.75) is 93.7 Å². The number of rotatable bonds is 4. The molecule has 9 nitrogen and oxygen atoms in total. The Morgan fingerprint density at radius 2 is 1.97 bits per heavy atom. The van der Waals surface area contributed by atoms with Gasteiger partial charge in [0, 0.05) is 18.9 Å². The SMILES string of the molecule is CC(C)C[C@@H]1CCO[C@@H]2[C@H](CN[C@@H]2C(=O)N[C@@H]2C/C=C/[C@@H](O)CS[C@H]3O[C@H]2[C@H](O)[C@H](O)[C@H]3O)C1. The van der Waals surface area contributed by atoms with Gasteiger partial charge in [0.05, 0.1) is 18.2 Å². The van der Waals surface area contributed by atoms with E-state index in [2.05, 4.69) is 24.5 Å². The van der Waals surface area contributed by atoms with Gasteiger partial charge in [0.15, 0.2) is 0 Å². The summed E-state index contributed by atoms with van der Waals surface area (Å²) >= 11 is 1.17. The fourth-order valence-electron chi connectivity index (χ4n) is 5.79. The molecule has 194 valence electrons. The molecule has 0 spiro atoms. The minimum Gasteiger partial charge on any atom is -0.388 e. The summed E-state index contributed by atoms with van der Waals surface area (Å²) in [5.41, 5.74) is -0.819. The average Bonchev–Trinajstić information content (AvgIpc) is 3.07. The standard InChI is InChI=1S/C24H40N2O7S/c1-12(2)8-13-6-7-32-21-14(9-13)10-25-17(21)23(31)26-16-5-3-4-15(27)11-34-24-20(30)18(28)19(29)22(16)33-24/h3-4,12-22,24-25,27-30H,5-11H2,1-2H3,(H,26,31)/b4-3+/t13-,14-,15+,16+,17-,18-,19+,20+,21+,22+,24+/m0/s1. The van der Waals surface area contributed by atoms with Gasteiger partial charge in [-0.2, -0.15) is 0 Å². The predicted octanol–water partition coefficient (Wildman–Crippen LogP) is -0.238. The molecule has 2 bridgehead atoms. The van der Waals surface area contributed by atoms with Crippen LogP contribution in [0.15, 0.2) is 12.2 Å². The molecular formula is C24H40N2O7S. The molecule has 0 aliphatic carbocycles. The van der Waals surface area contributed by atoms with Crippen LogP contribution in [-0.2, 0) is 14.3 Å². The van der Waals surface area contributed by atoms with E-state index < -0.39 is 48.0 Å². The first-order chi connectivity index (χ1) is 16.2. The zero-order valence-corrected chi connectivity index (χ0v) is 20.8. The molecule has 4 heterocycles. The van der Waals surface area contributed by atoms with Crippen LogP contribution in [-0.4, -0.2) is 99.4 Å². The highest BCUT2D eigenvalue weighted by atomic mass is 32.2. The van der Waals surface area contributed by atoms with Gasteiger partial charge in [0.25, 0.3) is 0 Å². The van der Waals surface area contributed by atoms with Crippen LogP contribution in [0.2, 0.25) is 0 Å². The number of carbonyl (C=O) groups excluding carboxylic acids is 1. The lowest BCUT2D eigenvalue weighted by atomic mass is 9.85. The first-order valence-electron chi connectivity index (χ1n) is 12.6. The second kappa shape index (κ2) is 11.6. The third-order valence-corrected chi connectivity index (χ3v) is 8.72. The number of aliphatic hydroxyl groups excluding tert-OH is 4. The van der Waals surface area contributed by atoms with Crippen molar-refractivity contribution < 1.29 is 34.7 Å². The molecule has 0 aromatic heterocycles. The minimum atomic E-state index is -1.41. The van der Waals surface area contributed by atoms with E-state index >= 15 is 0 Å². The molecule has 34 heavy (non-hydrogen) atoms. The zero-order chi connectivity index (χ0) is 24.4. The first-order valence-corrected chi connectivity index (χ1v) is 13.6. The molecule has 3 fully saturated rings. The van der Waals surface area contributed by atoms with E-state index in [9.17, 15) is 25.2 Å². The minimum absolute atomic E-state index is 0.207. The monoisotopic (exact) mass is 500 g/mol.